The van der Waals surface area contributed by atoms with Crippen molar-refractivity contribution < 1.29 is 37.6 Å². The van der Waals surface area contributed by atoms with Gasteiger partial charge in [0.1, 0.15) is 18.5 Å². The largest absolute Gasteiger partial charge is 0.492 e. The predicted molar refractivity (Wildman–Crippen MR) is 120 cm³/mol. The van der Waals surface area contributed by atoms with Gasteiger partial charge in [-0.3, -0.25) is 4.90 Å². The number of halogens is 4. The van der Waals surface area contributed by atoms with E-state index in [-0.39, 0.29) is 28.9 Å². The van der Waals surface area contributed by atoms with E-state index in [1.54, 1.807) is 13.8 Å². The van der Waals surface area contributed by atoms with Crippen LogP contribution >= 0.6 is 12.2 Å². The van der Waals surface area contributed by atoms with Crippen LogP contribution in [0.15, 0.2) is 41.6 Å². The molecule has 0 bridgehead atoms. The van der Waals surface area contributed by atoms with Crippen LogP contribution in [-0.4, -0.2) is 56.4 Å². The molecule has 186 valence electrons. The third-order valence-corrected chi connectivity index (χ3v) is 5.66. The molecule has 2 rings (SSSR count). The molecular formula is C22H25F4N3O4S. The van der Waals surface area contributed by atoms with E-state index in [1.807, 2.05) is 0 Å². The van der Waals surface area contributed by atoms with Crippen LogP contribution in [0.3, 0.4) is 0 Å². The molecule has 7 nitrogen and oxygen atoms in total. The Morgan fingerprint density at radius 3 is 2.50 bits per heavy atom. The molecule has 3 N–H and O–H groups in total. The number of anilines is 1. The number of alkyl halides is 3. The summed E-state index contributed by atoms with van der Waals surface area (Å²) in [5, 5.41) is 38.0. The summed E-state index contributed by atoms with van der Waals surface area (Å²) in [6.45, 7) is 5.09. The highest BCUT2D eigenvalue weighted by Gasteiger charge is 2.50. The lowest BCUT2D eigenvalue weighted by Crippen LogP contribution is -2.46. The van der Waals surface area contributed by atoms with Crippen molar-refractivity contribution >= 4 is 23.0 Å². The van der Waals surface area contributed by atoms with E-state index in [4.69, 9.17) is 27.3 Å². The number of hydrogen-bond donors (Lipinski definition) is 3. The molecule has 1 aromatic carbocycles. The molecule has 0 radical (unpaired) electrons. The Bertz CT molecular complexity index is 1050. The lowest BCUT2D eigenvalue weighted by Gasteiger charge is -2.33. The first-order valence-electron chi connectivity index (χ1n) is 10.1. The van der Waals surface area contributed by atoms with Gasteiger partial charge in [-0.2, -0.15) is 18.4 Å². The highest BCUT2D eigenvalue weighted by atomic mass is 32.1. The number of benzene rings is 1. The Hall–Kier alpha value is -2.72. The fourth-order valence-electron chi connectivity index (χ4n) is 3.45. The molecule has 12 heteroatoms. The van der Waals surface area contributed by atoms with E-state index in [0.29, 0.717) is 0 Å². The van der Waals surface area contributed by atoms with Crippen LogP contribution in [0.1, 0.15) is 38.8 Å². The van der Waals surface area contributed by atoms with Crippen LogP contribution in [0.2, 0.25) is 0 Å². The summed E-state index contributed by atoms with van der Waals surface area (Å²) in [6.07, 6.45) is -6.31. The second kappa shape index (κ2) is 10.3. The molecule has 1 heterocycles. The first-order valence-corrected chi connectivity index (χ1v) is 10.5. The Morgan fingerprint density at radius 2 is 1.97 bits per heavy atom. The quantitative estimate of drug-likeness (QED) is 0.225. The number of aliphatic hydroxyl groups is 3. The number of allylic oxidation sites excluding steroid dienone is 4. The topological polar surface area (TPSA) is 100 Å². The van der Waals surface area contributed by atoms with E-state index in [1.165, 1.54) is 30.9 Å². The Kier molecular flexibility index (Phi) is 8.31. The van der Waals surface area contributed by atoms with Crippen LogP contribution in [0.5, 0.6) is 0 Å². The lowest BCUT2D eigenvalue weighted by atomic mass is 10.0. The van der Waals surface area contributed by atoms with Crippen LogP contribution in [0, 0.1) is 11.3 Å². The van der Waals surface area contributed by atoms with E-state index >= 15 is 0 Å². The number of nitrogens with zero attached hydrogens (tertiary/aromatic N) is 3. The van der Waals surface area contributed by atoms with E-state index in [9.17, 15) is 27.8 Å². The number of aliphatic hydroxyl groups excluding tert-OH is 3. The van der Waals surface area contributed by atoms with Gasteiger partial charge in [0, 0.05) is 11.4 Å². The second-order valence-corrected chi connectivity index (χ2v) is 8.56. The van der Waals surface area contributed by atoms with Crippen molar-refractivity contribution in [2.24, 2.45) is 0 Å². The summed E-state index contributed by atoms with van der Waals surface area (Å²) in [4.78, 5) is 2.50. The SMILES string of the molecule is C/C(OCC(O)CO)=C(F)\C=C(/C)N1C(=S)N(c2ccc(C#N)c(C(F)(F)F)c2)C(O)C1(C)C. The van der Waals surface area contributed by atoms with Crippen molar-refractivity contribution in [2.75, 3.05) is 18.1 Å². The molecule has 0 aliphatic carbocycles. The van der Waals surface area contributed by atoms with E-state index in [2.05, 4.69) is 0 Å². The molecule has 1 aromatic rings. The minimum atomic E-state index is -4.80. The summed E-state index contributed by atoms with van der Waals surface area (Å²) in [7, 11) is 0. The van der Waals surface area contributed by atoms with Crippen LogP contribution in [0.4, 0.5) is 23.2 Å². The van der Waals surface area contributed by atoms with Gasteiger partial charge in [0.25, 0.3) is 0 Å². The second-order valence-electron chi connectivity index (χ2n) is 8.19. The molecule has 2 atom stereocenters. The van der Waals surface area contributed by atoms with Gasteiger partial charge in [0.05, 0.1) is 29.3 Å². The Balaban J connectivity index is 2.45. The zero-order chi connectivity index (χ0) is 26.0. The molecule has 0 saturated carbocycles. The molecule has 1 aliphatic heterocycles. The molecule has 0 aromatic heterocycles. The third kappa shape index (κ3) is 5.50. The normalized spacial score (nSPS) is 20.2. The number of thiocarbonyl (C=S) groups is 1. The molecule has 0 spiro atoms. The van der Waals surface area contributed by atoms with Crippen molar-refractivity contribution in [1.29, 1.82) is 5.26 Å². The van der Waals surface area contributed by atoms with Crippen LogP contribution in [0.25, 0.3) is 0 Å². The number of ether oxygens (including phenoxy) is 1. The van der Waals surface area contributed by atoms with Crippen molar-refractivity contribution in [1.82, 2.24) is 4.90 Å². The fraction of sp³-hybridized carbons (Fsp3) is 0.455. The Morgan fingerprint density at radius 1 is 1.35 bits per heavy atom. The maximum atomic E-state index is 14.7. The van der Waals surface area contributed by atoms with Crippen molar-refractivity contribution in [2.45, 2.75) is 51.7 Å². The minimum Gasteiger partial charge on any atom is -0.492 e. The summed E-state index contributed by atoms with van der Waals surface area (Å²) < 4.78 is 60.0. The zero-order valence-electron chi connectivity index (χ0n) is 18.9. The average Bonchev–Trinajstić information content (AvgIpc) is 2.94. The van der Waals surface area contributed by atoms with Crippen molar-refractivity contribution in [3.8, 4) is 6.07 Å². The van der Waals surface area contributed by atoms with Gasteiger partial charge in [-0.15, -0.1) is 0 Å². The standard InChI is InChI=1S/C22H25F4N3O4S/c1-12(7-18(23)13(2)33-11-16(31)10-30)29-20(34)28(19(32)21(29,3)4)15-6-5-14(9-27)17(8-15)22(24,25)26/h5-8,16,19,30-32H,10-11H2,1-4H3/b12-7+,18-13-. The lowest BCUT2D eigenvalue weighted by molar-refractivity contribution is -0.137. The molecule has 34 heavy (non-hydrogen) atoms. The van der Waals surface area contributed by atoms with Gasteiger partial charge >= 0.3 is 6.18 Å². The Labute approximate surface area is 199 Å². The molecule has 1 fully saturated rings. The van der Waals surface area contributed by atoms with Crippen LogP contribution in [-0.2, 0) is 10.9 Å². The molecule has 1 aliphatic rings. The molecule has 2 unspecified atom stereocenters. The number of hydrogen-bond acceptors (Lipinski definition) is 6. The summed E-state index contributed by atoms with van der Waals surface area (Å²) >= 11 is 5.44. The highest BCUT2D eigenvalue weighted by molar-refractivity contribution is 7.80. The van der Waals surface area contributed by atoms with Gasteiger partial charge in [-0.05, 0) is 64.2 Å². The molecule has 1 saturated heterocycles. The van der Waals surface area contributed by atoms with Gasteiger partial charge in [0.2, 0.25) is 0 Å². The molecule has 0 amide bonds. The third-order valence-electron chi connectivity index (χ3n) is 5.28. The minimum absolute atomic E-state index is 0.0776. The smallest absolute Gasteiger partial charge is 0.417 e. The van der Waals surface area contributed by atoms with E-state index in [0.717, 1.165) is 23.1 Å². The maximum absolute atomic E-state index is 14.7. The highest BCUT2D eigenvalue weighted by Crippen LogP contribution is 2.41. The number of rotatable bonds is 7. The van der Waals surface area contributed by atoms with Crippen molar-refractivity contribution in [3.05, 3.63) is 52.7 Å². The summed E-state index contributed by atoms with van der Waals surface area (Å²) in [5.74, 6) is -0.985. The summed E-state index contributed by atoms with van der Waals surface area (Å²) in [6, 6.07) is 4.47. The average molecular weight is 504 g/mol. The monoisotopic (exact) mass is 503 g/mol. The van der Waals surface area contributed by atoms with Crippen molar-refractivity contribution in [3.63, 3.8) is 0 Å². The van der Waals surface area contributed by atoms with Crippen LogP contribution < -0.4 is 4.90 Å². The predicted octanol–water partition coefficient (Wildman–Crippen LogP) is 3.56. The zero-order valence-corrected chi connectivity index (χ0v) is 19.7. The number of nitriles is 1. The maximum Gasteiger partial charge on any atom is 0.417 e. The van der Waals surface area contributed by atoms with Gasteiger partial charge in [0.15, 0.2) is 17.2 Å². The molecular weight excluding hydrogens is 478 g/mol. The summed E-state index contributed by atoms with van der Waals surface area (Å²) in [5.41, 5.74) is -2.77. The first-order chi connectivity index (χ1) is 15.7. The van der Waals surface area contributed by atoms with Gasteiger partial charge in [-0.25, -0.2) is 4.39 Å². The van der Waals surface area contributed by atoms with Gasteiger partial charge < -0.3 is 25.0 Å². The fourth-order valence-corrected chi connectivity index (χ4v) is 4.04. The first kappa shape index (κ1) is 27.5. The van der Waals surface area contributed by atoms with E-state index < -0.39 is 47.6 Å². The van der Waals surface area contributed by atoms with Gasteiger partial charge in [-0.1, -0.05) is 0 Å².